The molecule has 10 nitrogen and oxygen atoms in total. The molecule has 0 spiro atoms. The zero-order valence-corrected chi connectivity index (χ0v) is 19.7. The molecule has 3 aromatic rings. The summed E-state index contributed by atoms with van der Waals surface area (Å²) in [5, 5.41) is 2.84. The molecule has 10 heteroatoms. The molecule has 0 atom stereocenters. The zero-order valence-electron chi connectivity index (χ0n) is 19.7. The van der Waals surface area contributed by atoms with Gasteiger partial charge >= 0.3 is 11.7 Å². The Kier molecular flexibility index (Phi) is 6.37. The Morgan fingerprint density at radius 2 is 1.79 bits per heavy atom. The molecule has 1 aliphatic rings. The van der Waals surface area contributed by atoms with Gasteiger partial charge in [-0.25, -0.2) is 14.6 Å². The molecular formula is C23H31N7O3. The number of carbonyl (C=O) groups is 1. The number of rotatable bonds is 5. The van der Waals surface area contributed by atoms with E-state index in [0.29, 0.717) is 57.0 Å². The van der Waals surface area contributed by atoms with Gasteiger partial charge in [0.25, 0.3) is 5.56 Å². The molecule has 0 saturated carbocycles. The fourth-order valence-electron chi connectivity index (χ4n) is 4.35. The minimum atomic E-state index is -0.394. The quantitative estimate of drug-likeness (QED) is 0.612. The van der Waals surface area contributed by atoms with E-state index in [1.807, 2.05) is 41.5 Å². The first-order valence-corrected chi connectivity index (χ1v) is 11.3. The number of aromatic nitrogens is 4. The molecule has 2 amide bonds. The van der Waals surface area contributed by atoms with Gasteiger partial charge in [-0.1, -0.05) is 29.8 Å². The minimum absolute atomic E-state index is 0.0395. The number of imidazole rings is 1. The summed E-state index contributed by atoms with van der Waals surface area (Å²) in [5.74, 6) is 0.733. The van der Waals surface area contributed by atoms with Crippen LogP contribution in [0, 0.1) is 6.92 Å². The van der Waals surface area contributed by atoms with Gasteiger partial charge in [0.1, 0.15) is 5.82 Å². The highest BCUT2D eigenvalue weighted by Crippen LogP contribution is 2.17. The van der Waals surface area contributed by atoms with E-state index in [-0.39, 0.29) is 11.6 Å². The van der Waals surface area contributed by atoms with Crippen molar-refractivity contribution in [3.8, 4) is 0 Å². The molecule has 1 aromatic carbocycles. The average molecular weight is 454 g/mol. The molecule has 3 heterocycles. The molecule has 1 aliphatic heterocycles. The molecule has 1 fully saturated rings. The summed E-state index contributed by atoms with van der Waals surface area (Å²) in [6, 6.07) is 8.11. The summed E-state index contributed by atoms with van der Waals surface area (Å²) >= 11 is 0. The lowest BCUT2D eigenvalue weighted by molar-refractivity contribution is 0.133. The van der Waals surface area contributed by atoms with Gasteiger partial charge < -0.3 is 14.8 Å². The molecule has 4 rings (SSSR count). The third kappa shape index (κ3) is 4.43. The molecular weight excluding hydrogens is 422 g/mol. The van der Waals surface area contributed by atoms with Crippen molar-refractivity contribution in [2.24, 2.45) is 14.1 Å². The monoisotopic (exact) mass is 453 g/mol. The van der Waals surface area contributed by atoms with E-state index in [2.05, 4.69) is 16.3 Å². The van der Waals surface area contributed by atoms with Crippen molar-refractivity contribution in [3.05, 3.63) is 62.1 Å². The Hall–Kier alpha value is -3.40. The van der Waals surface area contributed by atoms with Crippen molar-refractivity contribution in [2.45, 2.75) is 26.9 Å². The first kappa shape index (κ1) is 22.8. The van der Waals surface area contributed by atoms with Crippen molar-refractivity contribution in [1.82, 2.24) is 33.8 Å². The van der Waals surface area contributed by atoms with Crippen LogP contribution in [0.15, 0.2) is 33.9 Å². The van der Waals surface area contributed by atoms with Crippen LogP contribution in [-0.2, 0) is 27.2 Å². The van der Waals surface area contributed by atoms with Crippen LogP contribution in [0.1, 0.15) is 23.9 Å². The molecule has 2 aromatic heterocycles. The van der Waals surface area contributed by atoms with Gasteiger partial charge in [0, 0.05) is 53.4 Å². The van der Waals surface area contributed by atoms with E-state index in [0.717, 1.165) is 21.5 Å². The minimum Gasteiger partial charge on any atom is -0.338 e. The number of urea groups is 1. The predicted molar refractivity (Wildman–Crippen MR) is 126 cm³/mol. The summed E-state index contributed by atoms with van der Waals surface area (Å²) in [7, 11) is 3.14. The Bertz CT molecular complexity index is 1300. The maximum atomic E-state index is 13.1. The Morgan fingerprint density at radius 1 is 1.06 bits per heavy atom. The summed E-state index contributed by atoms with van der Waals surface area (Å²) < 4.78 is 4.49. The number of hydrogen-bond acceptors (Lipinski definition) is 5. The fourth-order valence-corrected chi connectivity index (χ4v) is 4.35. The number of hydrogen-bond donors (Lipinski definition) is 1. The predicted octanol–water partition coefficient (Wildman–Crippen LogP) is 0.638. The van der Waals surface area contributed by atoms with Crippen LogP contribution < -0.4 is 16.6 Å². The summed E-state index contributed by atoms with van der Waals surface area (Å²) in [6.07, 6.45) is 0. The van der Waals surface area contributed by atoms with E-state index >= 15 is 0 Å². The highest BCUT2D eigenvalue weighted by Gasteiger charge is 2.24. The van der Waals surface area contributed by atoms with E-state index in [1.165, 1.54) is 11.6 Å². The third-order valence-electron chi connectivity index (χ3n) is 6.20. The molecule has 0 bridgehead atoms. The maximum absolute atomic E-state index is 13.1. The van der Waals surface area contributed by atoms with Crippen LogP contribution in [-0.4, -0.2) is 67.2 Å². The van der Waals surface area contributed by atoms with Crippen LogP contribution in [0.5, 0.6) is 0 Å². The first-order valence-electron chi connectivity index (χ1n) is 11.3. The number of nitrogens with one attached hydrogen (secondary N) is 1. The SMILES string of the molecule is CCNC(=O)N1CCN(Cc2nc3c(c(=O)n(C)c(=O)n3C)n2Cc2cccc(C)c2)CC1. The lowest BCUT2D eigenvalue weighted by atomic mass is 10.1. The summed E-state index contributed by atoms with van der Waals surface area (Å²) in [4.78, 5) is 46.5. The van der Waals surface area contributed by atoms with Crippen LogP contribution in [0.3, 0.4) is 0 Å². The molecule has 0 radical (unpaired) electrons. The zero-order chi connectivity index (χ0) is 23.7. The van der Waals surface area contributed by atoms with Gasteiger partial charge in [0.05, 0.1) is 6.54 Å². The smallest absolute Gasteiger partial charge is 0.332 e. The maximum Gasteiger partial charge on any atom is 0.332 e. The van der Waals surface area contributed by atoms with Gasteiger partial charge in [-0.2, -0.15) is 0 Å². The lowest BCUT2D eigenvalue weighted by Gasteiger charge is -2.34. The molecule has 33 heavy (non-hydrogen) atoms. The van der Waals surface area contributed by atoms with Crippen molar-refractivity contribution >= 4 is 17.2 Å². The molecule has 176 valence electrons. The number of piperazine rings is 1. The number of benzene rings is 1. The molecule has 0 aliphatic carbocycles. The van der Waals surface area contributed by atoms with Crippen LogP contribution >= 0.6 is 0 Å². The van der Waals surface area contributed by atoms with E-state index in [4.69, 9.17) is 4.98 Å². The highest BCUT2D eigenvalue weighted by atomic mass is 16.2. The summed E-state index contributed by atoms with van der Waals surface area (Å²) in [5.41, 5.74) is 2.28. The van der Waals surface area contributed by atoms with Crippen molar-refractivity contribution in [3.63, 3.8) is 0 Å². The van der Waals surface area contributed by atoms with Crippen molar-refractivity contribution < 1.29 is 4.79 Å². The summed E-state index contributed by atoms with van der Waals surface area (Å²) in [6.45, 7) is 8.24. The van der Waals surface area contributed by atoms with Crippen LogP contribution in [0.25, 0.3) is 11.2 Å². The van der Waals surface area contributed by atoms with E-state index < -0.39 is 5.69 Å². The third-order valence-corrected chi connectivity index (χ3v) is 6.20. The molecule has 1 N–H and O–H groups in total. The second-order valence-corrected chi connectivity index (χ2v) is 8.58. The Morgan fingerprint density at radius 3 is 2.45 bits per heavy atom. The molecule has 1 saturated heterocycles. The van der Waals surface area contributed by atoms with Gasteiger partial charge in [0.15, 0.2) is 11.2 Å². The standard InChI is InChI=1S/C23H31N7O3/c1-5-24-22(32)29-11-9-28(10-12-29)15-18-25-20-19(21(31)27(4)23(33)26(20)3)30(18)14-17-8-6-7-16(2)13-17/h6-8,13H,5,9-12,14-15H2,1-4H3,(H,24,32). The van der Waals surface area contributed by atoms with Crippen molar-refractivity contribution in [1.29, 1.82) is 0 Å². The Labute approximate surface area is 192 Å². The van der Waals surface area contributed by atoms with Gasteiger partial charge in [0.2, 0.25) is 0 Å². The Balaban J connectivity index is 1.69. The number of carbonyl (C=O) groups excluding carboxylic acids is 1. The average Bonchev–Trinajstić information content (AvgIpc) is 3.15. The second-order valence-electron chi connectivity index (χ2n) is 8.58. The highest BCUT2D eigenvalue weighted by molar-refractivity contribution is 5.74. The van der Waals surface area contributed by atoms with Crippen LogP contribution in [0.2, 0.25) is 0 Å². The normalized spacial score (nSPS) is 14.7. The first-order chi connectivity index (χ1) is 15.8. The van der Waals surface area contributed by atoms with Gasteiger partial charge in [-0.05, 0) is 19.4 Å². The largest absolute Gasteiger partial charge is 0.338 e. The lowest BCUT2D eigenvalue weighted by Crippen LogP contribution is -2.51. The molecule has 0 unspecified atom stereocenters. The topological polar surface area (TPSA) is 97.4 Å². The fraction of sp³-hybridized carbons (Fsp3) is 0.478. The second kappa shape index (κ2) is 9.22. The van der Waals surface area contributed by atoms with Gasteiger partial charge in [-0.3, -0.25) is 18.8 Å². The number of nitrogens with zero attached hydrogens (tertiary/aromatic N) is 6. The van der Waals surface area contributed by atoms with E-state index in [1.54, 1.807) is 7.05 Å². The number of aryl methyl sites for hydroxylation is 2. The van der Waals surface area contributed by atoms with Crippen molar-refractivity contribution in [2.75, 3.05) is 32.7 Å². The number of amides is 2. The van der Waals surface area contributed by atoms with E-state index in [9.17, 15) is 14.4 Å². The van der Waals surface area contributed by atoms with Crippen LogP contribution in [0.4, 0.5) is 4.79 Å². The number of fused-ring (bicyclic) bond motifs is 1. The van der Waals surface area contributed by atoms with Gasteiger partial charge in [-0.15, -0.1) is 0 Å².